The Labute approximate surface area is 181 Å². The molecular weight excluding hydrogens is 392 g/mol. The van der Waals surface area contributed by atoms with E-state index in [1.165, 1.54) is 0 Å². The number of hydrogen-bond donors (Lipinski definition) is 2. The summed E-state index contributed by atoms with van der Waals surface area (Å²) in [5, 5.41) is 9.07. The molecule has 3 aromatic rings. The van der Waals surface area contributed by atoms with E-state index in [4.69, 9.17) is 10.8 Å². The van der Waals surface area contributed by atoms with E-state index < -0.39 is 0 Å². The molecule has 3 heterocycles. The van der Waals surface area contributed by atoms with Gasteiger partial charge in [0.05, 0.1) is 12.3 Å². The molecule has 8 nitrogen and oxygen atoms in total. The number of β-amino-alcohol motifs (C(OH)–C–C–N with tert-alkyl or cyclic N) is 1. The summed E-state index contributed by atoms with van der Waals surface area (Å²) in [4.78, 5) is 30.0. The number of aromatic nitrogens is 3. The van der Waals surface area contributed by atoms with E-state index in [1.807, 2.05) is 42.2 Å². The normalized spacial score (nSPS) is 14.6. The molecule has 31 heavy (non-hydrogen) atoms. The van der Waals surface area contributed by atoms with Gasteiger partial charge in [-0.3, -0.25) is 9.69 Å². The van der Waals surface area contributed by atoms with Crippen molar-refractivity contribution in [2.24, 2.45) is 0 Å². The maximum atomic E-state index is 12.9. The van der Waals surface area contributed by atoms with Gasteiger partial charge >= 0.3 is 0 Å². The predicted molar refractivity (Wildman–Crippen MR) is 119 cm³/mol. The SMILES string of the molecule is Cc1ncnc(-c2ccc(C(=O)N3CCN(CCO)CC3)cc2)c1-c1ccc(N)nc1. The topological polar surface area (TPSA) is 108 Å². The number of nitrogens with two attached hydrogens (primary N) is 1. The molecule has 1 aliphatic rings. The van der Waals surface area contributed by atoms with Crippen molar-refractivity contribution in [1.29, 1.82) is 0 Å². The number of pyridine rings is 1. The molecule has 1 fully saturated rings. The molecule has 0 unspecified atom stereocenters. The number of aliphatic hydroxyl groups excluding tert-OH is 1. The van der Waals surface area contributed by atoms with Crippen molar-refractivity contribution in [2.45, 2.75) is 6.92 Å². The van der Waals surface area contributed by atoms with E-state index in [1.54, 1.807) is 18.6 Å². The van der Waals surface area contributed by atoms with Gasteiger partial charge in [0.15, 0.2) is 0 Å². The first-order valence-electron chi connectivity index (χ1n) is 10.3. The smallest absolute Gasteiger partial charge is 0.253 e. The molecular formula is C23H26N6O2. The number of anilines is 1. The maximum absolute atomic E-state index is 12.9. The van der Waals surface area contributed by atoms with Gasteiger partial charge in [-0.05, 0) is 31.2 Å². The fourth-order valence-electron chi connectivity index (χ4n) is 3.86. The second kappa shape index (κ2) is 9.20. The van der Waals surface area contributed by atoms with Gasteiger partial charge in [0.2, 0.25) is 0 Å². The van der Waals surface area contributed by atoms with Crippen LogP contribution < -0.4 is 5.73 Å². The first-order chi connectivity index (χ1) is 15.1. The van der Waals surface area contributed by atoms with E-state index >= 15 is 0 Å². The fraction of sp³-hybridized carbons (Fsp3) is 0.304. The van der Waals surface area contributed by atoms with Crippen LogP contribution in [0.1, 0.15) is 16.1 Å². The molecule has 0 aliphatic carbocycles. The molecule has 0 radical (unpaired) electrons. The molecule has 3 N–H and O–H groups in total. The van der Waals surface area contributed by atoms with Crippen LogP contribution in [0.3, 0.4) is 0 Å². The molecule has 8 heteroatoms. The van der Waals surface area contributed by atoms with Gasteiger partial charge in [-0.1, -0.05) is 12.1 Å². The largest absolute Gasteiger partial charge is 0.395 e. The zero-order valence-corrected chi connectivity index (χ0v) is 17.5. The van der Waals surface area contributed by atoms with Gasteiger partial charge in [-0.25, -0.2) is 15.0 Å². The number of hydrogen-bond acceptors (Lipinski definition) is 7. The highest BCUT2D eigenvalue weighted by Gasteiger charge is 2.22. The number of nitrogens with zero attached hydrogens (tertiary/aromatic N) is 5. The van der Waals surface area contributed by atoms with Crippen molar-refractivity contribution < 1.29 is 9.90 Å². The van der Waals surface area contributed by atoms with E-state index in [2.05, 4.69) is 19.9 Å². The zero-order valence-electron chi connectivity index (χ0n) is 17.5. The third kappa shape index (κ3) is 4.55. The summed E-state index contributed by atoms with van der Waals surface area (Å²) in [5.41, 5.74) is 10.7. The highest BCUT2D eigenvalue weighted by atomic mass is 16.3. The number of carbonyl (C=O) groups excluding carboxylic acids is 1. The average molecular weight is 419 g/mol. The summed E-state index contributed by atoms with van der Waals surface area (Å²) >= 11 is 0. The highest BCUT2D eigenvalue weighted by molar-refractivity contribution is 5.95. The molecule has 1 aromatic carbocycles. The van der Waals surface area contributed by atoms with Gasteiger partial charge in [0.1, 0.15) is 12.1 Å². The summed E-state index contributed by atoms with van der Waals surface area (Å²) in [6.07, 6.45) is 3.27. The van der Waals surface area contributed by atoms with E-state index in [0.717, 1.165) is 41.2 Å². The second-order valence-electron chi connectivity index (χ2n) is 7.59. The van der Waals surface area contributed by atoms with Gasteiger partial charge in [-0.15, -0.1) is 0 Å². The van der Waals surface area contributed by atoms with Crippen LogP contribution >= 0.6 is 0 Å². The van der Waals surface area contributed by atoms with Crippen LogP contribution in [0.15, 0.2) is 48.9 Å². The summed E-state index contributed by atoms with van der Waals surface area (Å²) in [6.45, 7) is 5.63. The summed E-state index contributed by atoms with van der Waals surface area (Å²) in [7, 11) is 0. The molecule has 4 rings (SSSR count). The summed E-state index contributed by atoms with van der Waals surface area (Å²) in [5.74, 6) is 0.483. The molecule has 160 valence electrons. The van der Waals surface area contributed by atoms with Crippen LogP contribution in [0.5, 0.6) is 0 Å². The van der Waals surface area contributed by atoms with Crippen LogP contribution in [0.2, 0.25) is 0 Å². The number of nitrogen functional groups attached to an aromatic ring is 1. The monoisotopic (exact) mass is 418 g/mol. The highest BCUT2D eigenvalue weighted by Crippen LogP contribution is 2.32. The third-order valence-corrected chi connectivity index (χ3v) is 5.59. The first kappa shape index (κ1) is 20.9. The molecule has 0 saturated carbocycles. The Kier molecular flexibility index (Phi) is 6.20. The number of rotatable bonds is 5. The van der Waals surface area contributed by atoms with Gasteiger partial charge < -0.3 is 15.7 Å². The quantitative estimate of drug-likeness (QED) is 0.651. The molecule has 0 spiro atoms. The van der Waals surface area contributed by atoms with Crippen LogP contribution in [0, 0.1) is 6.92 Å². The lowest BCUT2D eigenvalue weighted by molar-refractivity contribution is 0.0615. The van der Waals surface area contributed by atoms with Gasteiger partial charge in [0, 0.05) is 66.9 Å². The lowest BCUT2D eigenvalue weighted by Gasteiger charge is -2.34. The van der Waals surface area contributed by atoms with Crippen molar-refractivity contribution in [3.8, 4) is 22.4 Å². The van der Waals surface area contributed by atoms with Crippen molar-refractivity contribution in [3.05, 3.63) is 60.2 Å². The van der Waals surface area contributed by atoms with Gasteiger partial charge in [0.25, 0.3) is 5.91 Å². The minimum atomic E-state index is 0.0250. The molecule has 1 aliphatic heterocycles. The Morgan fingerprint density at radius 2 is 1.71 bits per heavy atom. The Hall–Kier alpha value is -3.36. The fourth-order valence-corrected chi connectivity index (χ4v) is 3.86. The van der Waals surface area contributed by atoms with Crippen LogP contribution in [0.25, 0.3) is 22.4 Å². The van der Waals surface area contributed by atoms with Crippen LogP contribution in [-0.4, -0.2) is 75.1 Å². The molecule has 1 saturated heterocycles. The van der Waals surface area contributed by atoms with Crippen molar-refractivity contribution in [2.75, 3.05) is 45.1 Å². The minimum absolute atomic E-state index is 0.0250. The zero-order chi connectivity index (χ0) is 21.8. The Morgan fingerprint density at radius 3 is 2.35 bits per heavy atom. The number of carbonyl (C=O) groups is 1. The summed E-state index contributed by atoms with van der Waals surface area (Å²) < 4.78 is 0. The summed E-state index contributed by atoms with van der Waals surface area (Å²) in [6, 6.07) is 11.2. The predicted octanol–water partition coefficient (Wildman–Crippen LogP) is 1.85. The first-order valence-corrected chi connectivity index (χ1v) is 10.3. The average Bonchev–Trinajstić information content (AvgIpc) is 2.80. The minimum Gasteiger partial charge on any atom is -0.395 e. The standard InChI is InChI=1S/C23H26N6O2/c1-16-21(19-6-7-20(24)25-14-19)22(27-15-26-16)17-2-4-18(5-3-17)23(31)29-10-8-28(9-11-29)12-13-30/h2-7,14-15,30H,8-13H2,1H3,(H2,24,25). The number of amides is 1. The lowest BCUT2D eigenvalue weighted by Crippen LogP contribution is -2.49. The van der Waals surface area contributed by atoms with Crippen molar-refractivity contribution in [3.63, 3.8) is 0 Å². The number of aliphatic hydroxyl groups is 1. The molecule has 1 amide bonds. The number of benzene rings is 1. The Morgan fingerprint density at radius 1 is 1.00 bits per heavy atom. The molecule has 2 aromatic heterocycles. The van der Waals surface area contributed by atoms with E-state index in [0.29, 0.717) is 31.0 Å². The van der Waals surface area contributed by atoms with E-state index in [9.17, 15) is 4.79 Å². The Bertz CT molecular complexity index is 1040. The van der Waals surface area contributed by atoms with Crippen molar-refractivity contribution >= 4 is 11.7 Å². The number of piperazine rings is 1. The van der Waals surface area contributed by atoms with Crippen molar-refractivity contribution in [1.82, 2.24) is 24.8 Å². The second-order valence-corrected chi connectivity index (χ2v) is 7.59. The Balaban J connectivity index is 1.56. The third-order valence-electron chi connectivity index (χ3n) is 5.59. The molecule has 0 bridgehead atoms. The molecule has 0 atom stereocenters. The lowest BCUT2D eigenvalue weighted by atomic mass is 9.98. The van der Waals surface area contributed by atoms with E-state index in [-0.39, 0.29) is 12.5 Å². The van der Waals surface area contributed by atoms with Crippen LogP contribution in [0.4, 0.5) is 5.82 Å². The maximum Gasteiger partial charge on any atom is 0.253 e. The van der Waals surface area contributed by atoms with Crippen LogP contribution in [-0.2, 0) is 0 Å². The number of aryl methyl sites for hydroxylation is 1. The van der Waals surface area contributed by atoms with Gasteiger partial charge in [-0.2, -0.15) is 0 Å².